The number of sulfonamides is 1. The van der Waals surface area contributed by atoms with E-state index in [-0.39, 0.29) is 17.8 Å². The van der Waals surface area contributed by atoms with E-state index in [1.807, 2.05) is 13.0 Å². The molecule has 0 aliphatic heterocycles. The lowest BCUT2D eigenvalue weighted by Gasteiger charge is -2.31. The van der Waals surface area contributed by atoms with Crippen LogP contribution in [0, 0.1) is 30.9 Å². The largest absolute Gasteiger partial charge is 0.324 e. The van der Waals surface area contributed by atoms with E-state index in [0.717, 1.165) is 21.7 Å². The molecule has 29 heavy (non-hydrogen) atoms. The summed E-state index contributed by atoms with van der Waals surface area (Å²) in [5.41, 5.74) is 2.48. The number of carbonyl (C=O) groups is 1. The van der Waals surface area contributed by atoms with Crippen LogP contribution in [0.15, 0.2) is 36.4 Å². The average molecular weight is 420 g/mol. The number of hydrogen-bond donors (Lipinski definition) is 1. The van der Waals surface area contributed by atoms with Crippen LogP contribution in [0.2, 0.25) is 0 Å². The molecule has 2 aromatic carbocycles. The number of hydrogen-bond acceptors (Lipinski definition) is 5. The highest BCUT2D eigenvalue weighted by molar-refractivity contribution is 7.92. The fourth-order valence-electron chi connectivity index (χ4n) is 3.16. The van der Waals surface area contributed by atoms with Gasteiger partial charge in [-0.25, -0.2) is 8.42 Å². The Morgan fingerprint density at radius 1 is 1.21 bits per heavy atom. The molecule has 0 aliphatic rings. The highest BCUT2D eigenvalue weighted by Gasteiger charge is 2.33. The van der Waals surface area contributed by atoms with E-state index in [1.54, 1.807) is 32.0 Å². The van der Waals surface area contributed by atoms with Crippen LogP contribution < -0.4 is 9.62 Å². The zero-order valence-electron chi connectivity index (χ0n) is 17.1. The maximum atomic E-state index is 13.0. The molecule has 0 heterocycles. The van der Waals surface area contributed by atoms with Crippen molar-refractivity contribution >= 4 is 33.0 Å². The molecule has 1 N–H and O–H groups in total. The van der Waals surface area contributed by atoms with Gasteiger partial charge in [0.25, 0.3) is 5.69 Å². The molecular formula is C20H25N3O5S. The first-order valence-electron chi connectivity index (χ1n) is 9.08. The van der Waals surface area contributed by atoms with Crippen LogP contribution in [0.4, 0.5) is 17.1 Å². The van der Waals surface area contributed by atoms with E-state index in [2.05, 4.69) is 5.32 Å². The number of benzene rings is 2. The molecule has 0 spiro atoms. The van der Waals surface area contributed by atoms with Crippen molar-refractivity contribution < 1.29 is 18.1 Å². The molecule has 2 aromatic rings. The fraction of sp³-hybridized carbons (Fsp3) is 0.350. The number of rotatable bonds is 7. The second-order valence-electron chi connectivity index (χ2n) is 6.97. The van der Waals surface area contributed by atoms with E-state index in [1.165, 1.54) is 19.1 Å². The predicted octanol–water partition coefficient (Wildman–Crippen LogP) is 3.70. The molecule has 0 bridgehead atoms. The number of anilines is 2. The number of nitrogens with zero attached hydrogens (tertiary/aromatic N) is 2. The monoisotopic (exact) mass is 419 g/mol. The van der Waals surface area contributed by atoms with Crippen molar-refractivity contribution in [2.75, 3.05) is 15.9 Å². The second kappa shape index (κ2) is 8.60. The van der Waals surface area contributed by atoms with Gasteiger partial charge < -0.3 is 5.32 Å². The molecule has 156 valence electrons. The topological polar surface area (TPSA) is 110 Å². The van der Waals surface area contributed by atoms with Crippen LogP contribution in [0.5, 0.6) is 0 Å². The lowest BCUT2D eigenvalue weighted by Crippen LogP contribution is -2.47. The molecule has 0 aromatic heterocycles. The van der Waals surface area contributed by atoms with Crippen molar-refractivity contribution in [1.82, 2.24) is 0 Å². The Kier molecular flexibility index (Phi) is 6.63. The Hall–Kier alpha value is -2.94. The minimum Gasteiger partial charge on any atom is -0.324 e. The summed E-state index contributed by atoms with van der Waals surface area (Å²) in [6, 6.07) is 8.76. The van der Waals surface area contributed by atoms with Crippen LogP contribution in [0.1, 0.15) is 30.0 Å². The van der Waals surface area contributed by atoms with Crippen LogP contribution in [0.25, 0.3) is 0 Å². The minimum atomic E-state index is -3.77. The van der Waals surface area contributed by atoms with Gasteiger partial charge in [0.05, 0.1) is 28.1 Å². The van der Waals surface area contributed by atoms with E-state index < -0.39 is 26.9 Å². The zero-order valence-corrected chi connectivity index (χ0v) is 17.9. The summed E-state index contributed by atoms with van der Waals surface area (Å²) in [7, 11) is -3.77. The Morgan fingerprint density at radius 2 is 1.86 bits per heavy atom. The first-order valence-corrected chi connectivity index (χ1v) is 10.9. The molecule has 2 rings (SSSR count). The lowest BCUT2D eigenvalue weighted by molar-refractivity contribution is -0.385. The number of amides is 1. The molecule has 0 aliphatic carbocycles. The van der Waals surface area contributed by atoms with Gasteiger partial charge in [-0.1, -0.05) is 25.1 Å². The second-order valence-corrected chi connectivity index (χ2v) is 8.83. The lowest BCUT2D eigenvalue weighted by atomic mass is 10.1. The van der Waals surface area contributed by atoms with E-state index in [4.69, 9.17) is 0 Å². The van der Waals surface area contributed by atoms with Crippen LogP contribution in [-0.2, 0) is 14.8 Å². The number of nitro benzene ring substituents is 1. The summed E-state index contributed by atoms with van der Waals surface area (Å²) in [6.45, 7) is 6.88. The molecule has 0 unspecified atom stereocenters. The summed E-state index contributed by atoms with van der Waals surface area (Å²) in [6.07, 6.45) is 1.28. The van der Waals surface area contributed by atoms with Gasteiger partial charge >= 0.3 is 0 Å². The summed E-state index contributed by atoms with van der Waals surface area (Å²) >= 11 is 0. The Morgan fingerprint density at radius 3 is 2.41 bits per heavy atom. The van der Waals surface area contributed by atoms with Gasteiger partial charge in [-0.15, -0.1) is 0 Å². The summed E-state index contributed by atoms with van der Waals surface area (Å²) in [4.78, 5) is 23.7. The Bertz CT molecular complexity index is 1050. The smallest absolute Gasteiger partial charge is 0.274 e. The number of aryl methyl sites for hydroxylation is 2. The van der Waals surface area contributed by atoms with Gasteiger partial charge in [0.1, 0.15) is 6.04 Å². The van der Waals surface area contributed by atoms with Crippen molar-refractivity contribution in [3.8, 4) is 0 Å². The Labute approximate surface area is 170 Å². The molecule has 0 fully saturated rings. The predicted molar refractivity (Wildman–Crippen MR) is 114 cm³/mol. The van der Waals surface area contributed by atoms with Gasteiger partial charge in [-0.2, -0.15) is 0 Å². The average Bonchev–Trinajstić information content (AvgIpc) is 2.62. The van der Waals surface area contributed by atoms with Crippen molar-refractivity contribution in [3.05, 3.63) is 63.2 Å². The van der Waals surface area contributed by atoms with Gasteiger partial charge in [0.15, 0.2) is 0 Å². The maximum Gasteiger partial charge on any atom is 0.274 e. The molecule has 0 saturated carbocycles. The summed E-state index contributed by atoms with van der Waals surface area (Å²) in [5, 5.41) is 13.8. The standard InChI is InChI=1S/C20H25N3O5S/c1-6-17(20(24)21-16-8-7-9-18(15(16)4)23(25)26)22(29(5,27)28)19-12-13(2)10-11-14(19)3/h7-12,17H,6H2,1-5H3,(H,21,24)/t17-/m0/s1. The normalized spacial score (nSPS) is 12.3. The van der Waals surface area contributed by atoms with Gasteiger partial charge in [0.2, 0.25) is 15.9 Å². The van der Waals surface area contributed by atoms with Gasteiger partial charge in [-0.3, -0.25) is 19.2 Å². The number of carbonyl (C=O) groups excluding carboxylic acids is 1. The van der Waals surface area contributed by atoms with E-state index in [0.29, 0.717) is 11.3 Å². The molecule has 0 saturated heterocycles. The molecule has 1 amide bonds. The van der Waals surface area contributed by atoms with E-state index in [9.17, 15) is 23.3 Å². The van der Waals surface area contributed by atoms with Crippen molar-refractivity contribution in [3.63, 3.8) is 0 Å². The minimum absolute atomic E-state index is 0.120. The van der Waals surface area contributed by atoms with Crippen LogP contribution in [0.3, 0.4) is 0 Å². The quantitative estimate of drug-likeness (QED) is 0.543. The highest BCUT2D eigenvalue weighted by Crippen LogP contribution is 2.29. The summed E-state index contributed by atoms with van der Waals surface area (Å²) in [5.74, 6) is -0.553. The highest BCUT2D eigenvalue weighted by atomic mass is 32.2. The van der Waals surface area contributed by atoms with Gasteiger partial charge in [-0.05, 0) is 50.5 Å². The molecular weight excluding hydrogens is 394 g/mol. The zero-order chi connectivity index (χ0) is 21.9. The number of nitro groups is 1. The molecule has 9 heteroatoms. The SMILES string of the molecule is CC[C@@H](C(=O)Nc1cccc([N+](=O)[O-])c1C)N(c1cc(C)ccc1C)S(C)(=O)=O. The Balaban J connectivity index is 2.49. The van der Waals surface area contributed by atoms with E-state index >= 15 is 0 Å². The molecule has 1 atom stereocenters. The summed E-state index contributed by atoms with van der Waals surface area (Å²) < 4.78 is 26.4. The first-order chi connectivity index (χ1) is 13.5. The first kappa shape index (κ1) is 22.4. The van der Waals surface area contributed by atoms with Crippen molar-refractivity contribution in [2.45, 2.75) is 40.2 Å². The van der Waals surface area contributed by atoms with Crippen molar-refractivity contribution in [2.24, 2.45) is 0 Å². The van der Waals surface area contributed by atoms with Crippen molar-refractivity contribution in [1.29, 1.82) is 0 Å². The maximum absolute atomic E-state index is 13.0. The molecule has 8 nitrogen and oxygen atoms in total. The van der Waals surface area contributed by atoms with Gasteiger partial charge in [0, 0.05) is 6.07 Å². The third kappa shape index (κ3) is 4.92. The van der Waals surface area contributed by atoms with Crippen LogP contribution in [-0.4, -0.2) is 31.5 Å². The third-order valence-electron chi connectivity index (χ3n) is 4.69. The third-order valence-corrected chi connectivity index (χ3v) is 5.86. The number of nitrogens with one attached hydrogen (secondary N) is 1. The fourth-order valence-corrected chi connectivity index (χ4v) is 4.43. The molecule has 0 radical (unpaired) electrons. The van der Waals surface area contributed by atoms with Crippen LogP contribution >= 0.6 is 0 Å².